The lowest BCUT2D eigenvalue weighted by Gasteiger charge is -2.45. The van der Waals surface area contributed by atoms with Gasteiger partial charge in [0.15, 0.2) is 0 Å². The zero-order valence-corrected chi connectivity index (χ0v) is 28.2. The van der Waals surface area contributed by atoms with Gasteiger partial charge in [-0.3, -0.25) is 19.4 Å². The van der Waals surface area contributed by atoms with Crippen LogP contribution in [0.3, 0.4) is 0 Å². The molecule has 3 amide bonds. The molecule has 1 fully saturated rings. The van der Waals surface area contributed by atoms with E-state index in [0.29, 0.717) is 57.9 Å². The van der Waals surface area contributed by atoms with Gasteiger partial charge < -0.3 is 15.0 Å². The van der Waals surface area contributed by atoms with Crippen molar-refractivity contribution in [1.82, 2.24) is 24.8 Å². The first-order valence-electron chi connectivity index (χ1n) is 15.1. The Hall–Kier alpha value is -3.74. The zero-order valence-electron chi connectivity index (χ0n) is 26.7. The molecule has 0 aliphatic carbocycles. The Morgan fingerprint density at radius 1 is 1.04 bits per heavy atom. The number of fused-ring (bicyclic) bond motifs is 1. The van der Waals surface area contributed by atoms with E-state index in [1.165, 1.54) is 15.6 Å². The summed E-state index contributed by atoms with van der Waals surface area (Å²) < 4.78 is 22.1. The molecule has 3 heterocycles. The second-order valence-electron chi connectivity index (χ2n) is 13.0. The van der Waals surface area contributed by atoms with Crippen LogP contribution in [0.4, 0.5) is 20.6 Å². The van der Waals surface area contributed by atoms with Crippen molar-refractivity contribution in [1.29, 1.82) is 0 Å². The minimum atomic E-state index is -0.916. The number of hydrogen-bond donors (Lipinski definition) is 1. The van der Waals surface area contributed by atoms with E-state index >= 15 is 4.39 Å². The summed E-state index contributed by atoms with van der Waals surface area (Å²) in [4.78, 5) is 45.2. The molecule has 3 aromatic rings. The number of nitrogens with one attached hydrogen (secondary N) is 1. The molecular weight excluding hydrogens is 636 g/mol. The molecule has 14 heteroatoms. The summed E-state index contributed by atoms with van der Waals surface area (Å²) in [6.45, 7) is 12.2. The summed E-state index contributed by atoms with van der Waals surface area (Å²) in [6, 6.07) is 6.88. The van der Waals surface area contributed by atoms with Gasteiger partial charge in [0.25, 0.3) is 0 Å². The topological polar surface area (TPSA) is 113 Å². The highest BCUT2D eigenvalue weighted by molar-refractivity contribution is 6.35. The molecular formula is C32H38Cl2FN7O4. The van der Waals surface area contributed by atoms with Gasteiger partial charge in [-0.15, -0.1) is 5.10 Å². The van der Waals surface area contributed by atoms with Gasteiger partial charge in [0.1, 0.15) is 24.0 Å². The van der Waals surface area contributed by atoms with Crippen LogP contribution < -0.4 is 10.2 Å². The molecule has 1 unspecified atom stereocenters. The molecule has 1 saturated heterocycles. The number of hydrogen-bond acceptors (Lipinski definition) is 7. The van der Waals surface area contributed by atoms with Crippen LogP contribution in [0, 0.1) is 12.7 Å². The molecule has 0 spiro atoms. The monoisotopic (exact) mass is 673 g/mol. The first-order chi connectivity index (χ1) is 21.6. The number of aryl methyl sites for hydroxylation is 1. The quantitative estimate of drug-likeness (QED) is 0.370. The van der Waals surface area contributed by atoms with Crippen LogP contribution in [0.25, 0.3) is 0 Å². The Morgan fingerprint density at radius 3 is 2.33 bits per heavy atom. The molecule has 11 nitrogen and oxygen atoms in total. The van der Waals surface area contributed by atoms with Crippen molar-refractivity contribution < 1.29 is 23.5 Å². The van der Waals surface area contributed by atoms with E-state index in [1.54, 1.807) is 63.1 Å². The fraction of sp³-hybridized carbons (Fsp3) is 0.469. The van der Waals surface area contributed by atoms with E-state index < -0.39 is 23.6 Å². The number of carbonyl (C=O) groups excluding carboxylic acids is 3. The first kappa shape index (κ1) is 33.6. The van der Waals surface area contributed by atoms with E-state index in [-0.39, 0.29) is 36.9 Å². The number of nitrogens with zero attached hydrogens (tertiary/aromatic N) is 6. The molecule has 0 bridgehead atoms. The minimum Gasteiger partial charge on any atom is -0.443 e. The second kappa shape index (κ2) is 13.2. The molecule has 2 aromatic carbocycles. The van der Waals surface area contributed by atoms with Gasteiger partial charge in [0.2, 0.25) is 11.8 Å². The predicted octanol–water partition coefficient (Wildman–Crippen LogP) is 5.46. The standard InChI is InChI=1S/C32H38Cl2FN7O4/c1-18-7-26(35)25-12-28(42(27(25)8-18)31(45)46-32(4,5)6)30(44)39-13-19(2)41(20(3)14-39)16-24-15-40(38-37-24)17-29(43)36-23-10-21(33)9-22(34)11-23/h7-11,15,19-20,28H,12-14,16-17H2,1-6H3,(H,36,43)/t19-,20+,28?. The number of piperazine rings is 1. The predicted molar refractivity (Wildman–Crippen MR) is 174 cm³/mol. The lowest BCUT2D eigenvalue weighted by atomic mass is 10.0. The molecule has 246 valence electrons. The SMILES string of the molecule is Cc1cc(F)c2c(c1)N(C(=O)OC(C)(C)C)C(C(=O)N1C[C@@H](C)N(Cc3cn(CC(=O)Nc4cc(Cl)cc(Cl)c4)nn3)[C@@H](C)C1)C2. The van der Waals surface area contributed by atoms with Crippen molar-refractivity contribution in [2.75, 3.05) is 23.3 Å². The molecule has 3 atom stereocenters. The highest BCUT2D eigenvalue weighted by atomic mass is 35.5. The van der Waals surface area contributed by atoms with Crippen LogP contribution >= 0.6 is 23.2 Å². The summed E-state index contributed by atoms with van der Waals surface area (Å²) in [5, 5.41) is 11.9. The smallest absolute Gasteiger partial charge is 0.415 e. The number of anilines is 2. The van der Waals surface area contributed by atoms with Crippen molar-refractivity contribution in [2.45, 2.75) is 84.8 Å². The summed E-state index contributed by atoms with van der Waals surface area (Å²) in [6.07, 6.45) is 1.11. The Labute approximate surface area is 277 Å². The zero-order chi connectivity index (χ0) is 33.5. The third-order valence-corrected chi connectivity index (χ3v) is 8.39. The van der Waals surface area contributed by atoms with Crippen LogP contribution in [0.2, 0.25) is 10.0 Å². The molecule has 5 rings (SSSR count). The fourth-order valence-electron chi connectivity index (χ4n) is 6.07. The largest absolute Gasteiger partial charge is 0.443 e. The van der Waals surface area contributed by atoms with E-state index in [1.807, 2.05) is 13.8 Å². The summed E-state index contributed by atoms with van der Waals surface area (Å²) in [7, 11) is 0. The average molecular weight is 675 g/mol. The van der Waals surface area contributed by atoms with Crippen LogP contribution in [0.1, 0.15) is 51.4 Å². The Bertz CT molecular complexity index is 1630. The van der Waals surface area contributed by atoms with Crippen LogP contribution in [0.15, 0.2) is 36.5 Å². The molecule has 1 aromatic heterocycles. The van der Waals surface area contributed by atoms with Gasteiger partial charge in [-0.25, -0.2) is 13.9 Å². The molecule has 46 heavy (non-hydrogen) atoms. The maximum Gasteiger partial charge on any atom is 0.415 e. The number of amides is 3. The molecule has 0 saturated carbocycles. The third-order valence-electron chi connectivity index (χ3n) is 7.96. The minimum absolute atomic E-state index is 0.0530. The number of ether oxygens (including phenoxy) is 1. The molecule has 2 aliphatic rings. The Morgan fingerprint density at radius 2 is 1.70 bits per heavy atom. The highest BCUT2D eigenvalue weighted by Gasteiger charge is 2.45. The van der Waals surface area contributed by atoms with Crippen LogP contribution in [-0.2, 0) is 33.8 Å². The normalized spacial score (nSPS) is 20.1. The van der Waals surface area contributed by atoms with Crippen LogP contribution in [0.5, 0.6) is 0 Å². The van der Waals surface area contributed by atoms with Crippen molar-refractivity contribution in [2.24, 2.45) is 0 Å². The maximum atomic E-state index is 15.0. The summed E-state index contributed by atoms with van der Waals surface area (Å²) in [5.41, 5.74) is 1.72. The summed E-state index contributed by atoms with van der Waals surface area (Å²) in [5.74, 6) is -1.01. The Balaban J connectivity index is 1.24. The van der Waals surface area contributed by atoms with E-state index in [2.05, 4.69) is 20.5 Å². The molecule has 2 aliphatic heterocycles. The molecule has 0 radical (unpaired) electrons. The number of aromatic nitrogens is 3. The number of rotatable bonds is 6. The highest BCUT2D eigenvalue weighted by Crippen LogP contribution is 2.37. The van der Waals surface area contributed by atoms with Crippen LogP contribution in [-0.4, -0.2) is 79.5 Å². The van der Waals surface area contributed by atoms with Crippen molar-refractivity contribution in [3.8, 4) is 0 Å². The maximum absolute atomic E-state index is 15.0. The van der Waals surface area contributed by atoms with Gasteiger partial charge in [0.05, 0.1) is 17.6 Å². The van der Waals surface area contributed by atoms with E-state index in [9.17, 15) is 14.4 Å². The fourth-order valence-corrected chi connectivity index (χ4v) is 6.59. The number of carbonyl (C=O) groups is 3. The van der Waals surface area contributed by atoms with Gasteiger partial charge in [-0.1, -0.05) is 28.4 Å². The van der Waals surface area contributed by atoms with Gasteiger partial charge >= 0.3 is 6.09 Å². The number of halogens is 3. The average Bonchev–Trinajstić information content (AvgIpc) is 3.53. The Kier molecular flexibility index (Phi) is 9.63. The van der Waals surface area contributed by atoms with Gasteiger partial charge in [-0.05, 0) is 77.4 Å². The van der Waals surface area contributed by atoms with Crippen molar-refractivity contribution in [3.63, 3.8) is 0 Å². The van der Waals surface area contributed by atoms with Gasteiger partial charge in [-0.2, -0.15) is 0 Å². The lowest BCUT2D eigenvalue weighted by Crippen LogP contribution is -2.61. The number of benzene rings is 2. The second-order valence-corrected chi connectivity index (χ2v) is 13.9. The van der Waals surface area contributed by atoms with Crippen molar-refractivity contribution >= 4 is 52.5 Å². The van der Waals surface area contributed by atoms with Gasteiger partial charge in [0, 0.05) is 59.4 Å². The van der Waals surface area contributed by atoms with E-state index in [4.69, 9.17) is 27.9 Å². The first-order valence-corrected chi connectivity index (χ1v) is 15.8. The van der Waals surface area contributed by atoms with E-state index in [0.717, 1.165) is 0 Å². The summed E-state index contributed by atoms with van der Waals surface area (Å²) >= 11 is 12.0. The third kappa shape index (κ3) is 7.62. The molecule has 1 N–H and O–H groups in total. The van der Waals surface area contributed by atoms with Crippen molar-refractivity contribution in [3.05, 3.63) is 69.2 Å². The lowest BCUT2D eigenvalue weighted by molar-refractivity contribution is -0.137.